The van der Waals surface area contributed by atoms with Gasteiger partial charge in [0.2, 0.25) is 11.8 Å². The van der Waals surface area contributed by atoms with Crippen LogP contribution in [0.15, 0.2) is 28.9 Å². The van der Waals surface area contributed by atoms with E-state index in [0.29, 0.717) is 24.2 Å². The Labute approximate surface area is 145 Å². The molecule has 7 nitrogen and oxygen atoms in total. The zero-order valence-electron chi connectivity index (χ0n) is 14.0. The van der Waals surface area contributed by atoms with Crippen molar-refractivity contribution in [1.82, 2.24) is 30.3 Å². The first-order valence-corrected chi connectivity index (χ1v) is 8.88. The van der Waals surface area contributed by atoms with Crippen molar-refractivity contribution in [1.29, 1.82) is 0 Å². The zero-order valence-corrected chi connectivity index (χ0v) is 14.0. The van der Waals surface area contributed by atoms with Gasteiger partial charge < -0.3 is 4.42 Å². The van der Waals surface area contributed by atoms with Crippen LogP contribution in [0.2, 0.25) is 0 Å². The van der Waals surface area contributed by atoms with Crippen molar-refractivity contribution >= 4 is 0 Å². The van der Waals surface area contributed by atoms with E-state index in [0.717, 1.165) is 31.5 Å². The van der Waals surface area contributed by atoms with E-state index < -0.39 is 0 Å². The molecule has 25 heavy (non-hydrogen) atoms. The first-order chi connectivity index (χ1) is 12.4. The Morgan fingerprint density at radius 1 is 1.20 bits per heavy atom. The van der Waals surface area contributed by atoms with Gasteiger partial charge >= 0.3 is 0 Å². The SMILES string of the molecule is c1cncc(-c2nnc(CN3CCc4[nH]nc(C5CC5)c4CC3)o2)c1. The van der Waals surface area contributed by atoms with Crippen LogP contribution in [0.1, 0.15) is 41.6 Å². The highest BCUT2D eigenvalue weighted by Gasteiger charge is 2.31. The standard InChI is InChI=1S/C18H20N6O/c1-2-13(10-19-7-1)18-23-21-16(25-18)11-24-8-5-14-15(6-9-24)20-22-17(14)12-3-4-12/h1-2,7,10,12H,3-6,8-9,11H2,(H,20,22). The van der Waals surface area contributed by atoms with Crippen molar-refractivity contribution in [2.75, 3.05) is 13.1 Å². The molecule has 3 aromatic heterocycles. The predicted octanol–water partition coefficient (Wildman–Crippen LogP) is 2.33. The second-order valence-electron chi connectivity index (χ2n) is 6.86. The number of fused-ring (bicyclic) bond motifs is 1. The summed E-state index contributed by atoms with van der Waals surface area (Å²) in [7, 11) is 0. The monoisotopic (exact) mass is 336 g/mol. The van der Waals surface area contributed by atoms with Gasteiger partial charge in [-0.25, -0.2) is 0 Å². The summed E-state index contributed by atoms with van der Waals surface area (Å²) in [5.74, 6) is 1.89. The fraction of sp³-hybridized carbons (Fsp3) is 0.444. The lowest BCUT2D eigenvalue weighted by molar-refractivity contribution is 0.250. The normalized spacial score (nSPS) is 18.1. The molecule has 1 aliphatic heterocycles. The summed E-state index contributed by atoms with van der Waals surface area (Å²) in [4.78, 5) is 6.48. The number of hydrogen-bond acceptors (Lipinski definition) is 6. The van der Waals surface area contributed by atoms with Gasteiger partial charge in [0.05, 0.1) is 17.8 Å². The molecule has 1 N–H and O–H groups in total. The summed E-state index contributed by atoms with van der Waals surface area (Å²) >= 11 is 0. The Hall–Kier alpha value is -2.54. The van der Waals surface area contributed by atoms with Crippen LogP contribution in [-0.4, -0.2) is 43.4 Å². The predicted molar refractivity (Wildman–Crippen MR) is 90.8 cm³/mol. The van der Waals surface area contributed by atoms with Gasteiger partial charge in [-0.3, -0.25) is 15.0 Å². The average Bonchev–Trinajstić information content (AvgIpc) is 3.31. The molecule has 2 aliphatic rings. The first-order valence-electron chi connectivity index (χ1n) is 8.88. The highest BCUT2D eigenvalue weighted by atomic mass is 16.4. The Kier molecular flexibility index (Phi) is 3.59. The minimum atomic E-state index is 0.531. The van der Waals surface area contributed by atoms with Crippen molar-refractivity contribution in [3.63, 3.8) is 0 Å². The summed E-state index contributed by atoms with van der Waals surface area (Å²) in [5, 5.41) is 16.2. The van der Waals surface area contributed by atoms with E-state index in [1.165, 1.54) is 29.8 Å². The number of pyridine rings is 1. The maximum Gasteiger partial charge on any atom is 0.249 e. The maximum atomic E-state index is 5.82. The number of rotatable bonds is 4. The molecule has 3 aromatic rings. The second-order valence-corrected chi connectivity index (χ2v) is 6.86. The smallest absolute Gasteiger partial charge is 0.249 e. The number of aromatic nitrogens is 5. The van der Waals surface area contributed by atoms with Gasteiger partial charge in [-0.05, 0) is 37.0 Å². The molecule has 128 valence electrons. The van der Waals surface area contributed by atoms with Gasteiger partial charge in [-0.2, -0.15) is 5.10 Å². The summed E-state index contributed by atoms with van der Waals surface area (Å²) < 4.78 is 5.82. The van der Waals surface area contributed by atoms with Crippen LogP contribution in [0, 0.1) is 0 Å². The van der Waals surface area contributed by atoms with E-state index in [-0.39, 0.29) is 0 Å². The van der Waals surface area contributed by atoms with Gasteiger partial charge in [-0.15, -0.1) is 10.2 Å². The van der Waals surface area contributed by atoms with E-state index in [4.69, 9.17) is 4.42 Å². The lowest BCUT2D eigenvalue weighted by Crippen LogP contribution is -2.26. The molecule has 1 aliphatic carbocycles. The molecule has 0 aromatic carbocycles. The molecule has 0 bridgehead atoms. The van der Waals surface area contributed by atoms with Crippen LogP contribution in [0.3, 0.4) is 0 Å². The van der Waals surface area contributed by atoms with Crippen molar-refractivity contribution < 1.29 is 4.42 Å². The van der Waals surface area contributed by atoms with Crippen LogP contribution in [-0.2, 0) is 19.4 Å². The molecule has 0 spiro atoms. The molecule has 5 rings (SSSR count). The quantitative estimate of drug-likeness (QED) is 0.787. The Balaban J connectivity index is 1.27. The van der Waals surface area contributed by atoms with Crippen LogP contribution in [0.25, 0.3) is 11.5 Å². The molecule has 0 saturated heterocycles. The summed E-state index contributed by atoms with van der Waals surface area (Å²) in [6.07, 6.45) is 8.10. The molecular formula is C18H20N6O. The van der Waals surface area contributed by atoms with Crippen molar-refractivity contribution in [3.8, 4) is 11.5 Å². The molecule has 0 unspecified atom stereocenters. The van der Waals surface area contributed by atoms with Crippen molar-refractivity contribution in [3.05, 3.63) is 47.4 Å². The topological polar surface area (TPSA) is 83.7 Å². The fourth-order valence-electron chi connectivity index (χ4n) is 3.52. The van der Waals surface area contributed by atoms with E-state index in [9.17, 15) is 0 Å². The first kappa shape index (κ1) is 14.8. The molecule has 4 heterocycles. The van der Waals surface area contributed by atoms with Crippen LogP contribution >= 0.6 is 0 Å². The molecule has 7 heteroatoms. The van der Waals surface area contributed by atoms with Gasteiger partial charge in [0.1, 0.15) is 0 Å². The van der Waals surface area contributed by atoms with Gasteiger partial charge in [0, 0.05) is 43.5 Å². The summed E-state index contributed by atoms with van der Waals surface area (Å²) in [6, 6.07) is 3.79. The summed E-state index contributed by atoms with van der Waals surface area (Å²) in [6.45, 7) is 2.66. The third kappa shape index (κ3) is 2.95. The Bertz CT molecular complexity index is 867. The minimum absolute atomic E-state index is 0.531. The van der Waals surface area contributed by atoms with Gasteiger partial charge in [0.25, 0.3) is 0 Å². The van der Waals surface area contributed by atoms with Crippen LogP contribution in [0.4, 0.5) is 0 Å². The minimum Gasteiger partial charge on any atom is -0.419 e. The Morgan fingerprint density at radius 2 is 2.12 bits per heavy atom. The van der Waals surface area contributed by atoms with Gasteiger partial charge in [-0.1, -0.05) is 0 Å². The number of nitrogens with zero attached hydrogens (tertiary/aromatic N) is 5. The van der Waals surface area contributed by atoms with Crippen molar-refractivity contribution in [2.24, 2.45) is 0 Å². The van der Waals surface area contributed by atoms with Gasteiger partial charge in [0.15, 0.2) is 0 Å². The molecule has 0 atom stereocenters. The zero-order chi connectivity index (χ0) is 16.6. The number of hydrogen-bond donors (Lipinski definition) is 1. The van der Waals surface area contributed by atoms with Crippen LogP contribution in [0.5, 0.6) is 0 Å². The van der Waals surface area contributed by atoms with E-state index >= 15 is 0 Å². The molecule has 0 radical (unpaired) electrons. The largest absolute Gasteiger partial charge is 0.419 e. The third-order valence-corrected chi connectivity index (χ3v) is 5.04. The molecular weight excluding hydrogens is 316 g/mol. The van der Waals surface area contributed by atoms with Crippen LogP contribution < -0.4 is 0 Å². The average molecular weight is 336 g/mol. The fourth-order valence-corrected chi connectivity index (χ4v) is 3.52. The molecule has 0 amide bonds. The van der Waals surface area contributed by atoms with E-state index in [2.05, 4.69) is 30.3 Å². The maximum absolute atomic E-state index is 5.82. The highest BCUT2D eigenvalue weighted by Crippen LogP contribution is 2.41. The molecule has 1 saturated carbocycles. The third-order valence-electron chi connectivity index (χ3n) is 5.04. The lowest BCUT2D eigenvalue weighted by atomic mass is 10.1. The number of H-pyrrole nitrogens is 1. The van der Waals surface area contributed by atoms with E-state index in [1.54, 1.807) is 12.4 Å². The van der Waals surface area contributed by atoms with Crippen molar-refractivity contribution in [2.45, 2.75) is 38.1 Å². The van der Waals surface area contributed by atoms with E-state index in [1.807, 2.05) is 12.1 Å². The Morgan fingerprint density at radius 3 is 2.96 bits per heavy atom. The lowest BCUT2D eigenvalue weighted by Gasteiger charge is -2.17. The highest BCUT2D eigenvalue weighted by molar-refractivity contribution is 5.49. The number of aromatic amines is 1. The second kappa shape index (κ2) is 6.07. The summed E-state index contributed by atoms with van der Waals surface area (Å²) in [5.41, 5.74) is 4.93. The molecule has 1 fully saturated rings. The number of nitrogens with one attached hydrogen (secondary N) is 1.